The molecule has 2 heteroatoms. The second kappa shape index (κ2) is 6.79. The van der Waals surface area contributed by atoms with E-state index >= 15 is 0 Å². The summed E-state index contributed by atoms with van der Waals surface area (Å²) in [6.45, 7) is 14.4. The summed E-state index contributed by atoms with van der Waals surface area (Å²) in [5, 5.41) is 3.79. The topological polar surface area (TPSA) is 15.3 Å². The van der Waals surface area contributed by atoms with Gasteiger partial charge in [0.2, 0.25) is 0 Å². The monoisotopic (exact) mass is 280 g/mol. The highest BCUT2D eigenvalue weighted by atomic mass is 15.1. The summed E-state index contributed by atoms with van der Waals surface area (Å²) < 4.78 is 0. The molecule has 2 rings (SSSR count). The van der Waals surface area contributed by atoms with E-state index in [2.05, 4.69) is 37.9 Å². The quantitative estimate of drug-likeness (QED) is 0.721. The van der Waals surface area contributed by atoms with Crippen LogP contribution < -0.4 is 5.32 Å². The molecule has 1 N–H and O–H groups in total. The van der Waals surface area contributed by atoms with E-state index in [1.165, 1.54) is 71.1 Å². The highest BCUT2D eigenvalue weighted by Crippen LogP contribution is 2.40. The van der Waals surface area contributed by atoms with E-state index in [1.54, 1.807) is 0 Å². The lowest BCUT2D eigenvalue weighted by molar-refractivity contribution is 0.135. The number of hydrogen-bond donors (Lipinski definition) is 1. The van der Waals surface area contributed by atoms with Crippen molar-refractivity contribution in [3.63, 3.8) is 0 Å². The summed E-state index contributed by atoms with van der Waals surface area (Å²) >= 11 is 0. The molecule has 0 aliphatic heterocycles. The molecule has 0 saturated heterocycles. The molecular weight excluding hydrogens is 244 g/mol. The SMILES string of the molecule is CCCN(CC1CC1)CC1(CNC(C)(C)C)CCCC1. The second-order valence-electron chi connectivity index (χ2n) is 8.49. The third kappa shape index (κ3) is 5.37. The first-order valence-corrected chi connectivity index (χ1v) is 8.90. The fourth-order valence-corrected chi connectivity index (χ4v) is 3.66. The Balaban J connectivity index is 1.91. The molecule has 0 atom stereocenters. The molecule has 0 aromatic rings. The van der Waals surface area contributed by atoms with Gasteiger partial charge in [0, 0.05) is 25.2 Å². The number of rotatable bonds is 8. The summed E-state index contributed by atoms with van der Waals surface area (Å²) in [5.74, 6) is 1.02. The Labute approximate surface area is 126 Å². The van der Waals surface area contributed by atoms with Crippen molar-refractivity contribution in [1.82, 2.24) is 10.2 Å². The van der Waals surface area contributed by atoms with Crippen molar-refractivity contribution in [1.29, 1.82) is 0 Å². The number of nitrogens with one attached hydrogen (secondary N) is 1. The minimum atomic E-state index is 0.252. The molecule has 2 saturated carbocycles. The maximum Gasteiger partial charge on any atom is 0.00967 e. The Morgan fingerprint density at radius 2 is 1.80 bits per heavy atom. The maximum absolute atomic E-state index is 3.79. The van der Waals surface area contributed by atoms with Gasteiger partial charge in [0.05, 0.1) is 0 Å². The Kier molecular flexibility index (Phi) is 5.53. The normalized spacial score (nSPS) is 22.6. The van der Waals surface area contributed by atoms with Crippen molar-refractivity contribution in [3.05, 3.63) is 0 Å². The van der Waals surface area contributed by atoms with Crippen molar-refractivity contribution >= 4 is 0 Å². The van der Waals surface area contributed by atoms with Crippen LogP contribution in [-0.4, -0.2) is 36.6 Å². The van der Waals surface area contributed by atoms with E-state index in [4.69, 9.17) is 0 Å². The predicted molar refractivity (Wildman–Crippen MR) is 88.1 cm³/mol. The molecule has 0 unspecified atom stereocenters. The van der Waals surface area contributed by atoms with Gasteiger partial charge in [0.1, 0.15) is 0 Å². The third-order valence-electron chi connectivity index (χ3n) is 4.97. The maximum atomic E-state index is 3.79. The van der Waals surface area contributed by atoms with Crippen molar-refractivity contribution < 1.29 is 0 Å². The standard InChI is InChI=1S/C18H36N2/c1-5-12-20(13-16-8-9-16)15-18(10-6-7-11-18)14-19-17(2,3)4/h16,19H,5-15H2,1-4H3. The van der Waals surface area contributed by atoms with Crippen LogP contribution >= 0.6 is 0 Å². The van der Waals surface area contributed by atoms with E-state index in [0.29, 0.717) is 5.41 Å². The van der Waals surface area contributed by atoms with Crippen LogP contribution in [0, 0.1) is 11.3 Å². The molecule has 0 radical (unpaired) electrons. The molecule has 2 fully saturated rings. The molecule has 0 bridgehead atoms. The van der Waals surface area contributed by atoms with E-state index < -0.39 is 0 Å². The summed E-state index contributed by atoms with van der Waals surface area (Å²) in [7, 11) is 0. The Morgan fingerprint density at radius 3 is 2.30 bits per heavy atom. The summed E-state index contributed by atoms with van der Waals surface area (Å²) in [5.41, 5.74) is 0.805. The van der Waals surface area contributed by atoms with Crippen LogP contribution in [0.25, 0.3) is 0 Å². The summed E-state index contributed by atoms with van der Waals surface area (Å²) in [6, 6.07) is 0. The molecular formula is C18H36N2. The van der Waals surface area contributed by atoms with Crippen molar-refractivity contribution in [2.75, 3.05) is 26.2 Å². The molecule has 20 heavy (non-hydrogen) atoms. The lowest BCUT2D eigenvalue weighted by Gasteiger charge is -2.38. The first-order chi connectivity index (χ1) is 9.42. The van der Waals surface area contributed by atoms with Crippen molar-refractivity contribution in [3.8, 4) is 0 Å². The van der Waals surface area contributed by atoms with E-state index in [0.717, 1.165) is 5.92 Å². The lowest BCUT2D eigenvalue weighted by Crippen LogP contribution is -2.48. The zero-order chi connectivity index (χ0) is 14.6. The largest absolute Gasteiger partial charge is 0.311 e. The zero-order valence-electron chi connectivity index (χ0n) is 14.3. The minimum absolute atomic E-state index is 0.252. The van der Waals surface area contributed by atoms with E-state index in [1.807, 2.05) is 0 Å². The number of nitrogens with zero attached hydrogens (tertiary/aromatic N) is 1. The van der Waals surface area contributed by atoms with Crippen LogP contribution in [0.1, 0.15) is 72.6 Å². The van der Waals surface area contributed by atoms with Crippen LogP contribution in [0.5, 0.6) is 0 Å². The van der Waals surface area contributed by atoms with Gasteiger partial charge in [-0.25, -0.2) is 0 Å². The summed E-state index contributed by atoms with van der Waals surface area (Å²) in [4.78, 5) is 2.79. The van der Waals surface area contributed by atoms with Gasteiger partial charge in [-0.2, -0.15) is 0 Å². The highest BCUT2D eigenvalue weighted by molar-refractivity contribution is 4.92. The van der Waals surface area contributed by atoms with Gasteiger partial charge in [-0.05, 0) is 70.8 Å². The molecule has 0 aromatic heterocycles. The molecule has 2 aliphatic carbocycles. The third-order valence-corrected chi connectivity index (χ3v) is 4.97. The average Bonchev–Trinajstić information content (AvgIpc) is 3.04. The molecule has 0 heterocycles. The molecule has 0 spiro atoms. The van der Waals surface area contributed by atoms with Crippen LogP contribution in [0.3, 0.4) is 0 Å². The number of hydrogen-bond acceptors (Lipinski definition) is 2. The summed E-state index contributed by atoms with van der Waals surface area (Å²) in [6.07, 6.45) is 10.0. The van der Waals surface area contributed by atoms with Gasteiger partial charge in [0.25, 0.3) is 0 Å². The molecule has 118 valence electrons. The van der Waals surface area contributed by atoms with E-state index in [-0.39, 0.29) is 5.54 Å². The van der Waals surface area contributed by atoms with Crippen LogP contribution in [0.15, 0.2) is 0 Å². The Bertz CT molecular complexity index is 282. The average molecular weight is 280 g/mol. The van der Waals surface area contributed by atoms with E-state index in [9.17, 15) is 0 Å². The van der Waals surface area contributed by atoms with Crippen molar-refractivity contribution in [2.45, 2.75) is 78.2 Å². The highest BCUT2D eigenvalue weighted by Gasteiger charge is 2.37. The fourth-order valence-electron chi connectivity index (χ4n) is 3.66. The van der Waals surface area contributed by atoms with Crippen LogP contribution in [0.4, 0.5) is 0 Å². The Morgan fingerprint density at radius 1 is 1.15 bits per heavy atom. The van der Waals surface area contributed by atoms with Crippen LogP contribution in [0.2, 0.25) is 0 Å². The van der Waals surface area contributed by atoms with Crippen LogP contribution in [-0.2, 0) is 0 Å². The molecule has 2 nitrogen and oxygen atoms in total. The minimum Gasteiger partial charge on any atom is -0.311 e. The predicted octanol–water partition coefficient (Wildman–Crippen LogP) is 4.06. The fraction of sp³-hybridized carbons (Fsp3) is 1.00. The van der Waals surface area contributed by atoms with Gasteiger partial charge < -0.3 is 10.2 Å². The van der Waals surface area contributed by atoms with Gasteiger partial charge in [-0.3, -0.25) is 0 Å². The second-order valence-corrected chi connectivity index (χ2v) is 8.49. The first-order valence-electron chi connectivity index (χ1n) is 8.90. The first kappa shape index (κ1) is 16.3. The zero-order valence-corrected chi connectivity index (χ0v) is 14.3. The van der Waals surface area contributed by atoms with Gasteiger partial charge in [-0.15, -0.1) is 0 Å². The molecule has 2 aliphatic rings. The van der Waals surface area contributed by atoms with Crippen molar-refractivity contribution in [2.24, 2.45) is 11.3 Å². The molecule has 0 amide bonds. The molecule has 0 aromatic carbocycles. The van der Waals surface area contributed by atoms with Gasteiger partial charge >= 0.3 is 0 Å². The van der Waals surface area contributed by atoms with Gasteiger partial charge in [0.15, 0.2) is 0 Å². The van der Waals surface area contributed by atoms with Gasteiger partial charge in [-0.1, -0.05) is 19.8 Å². The Hall–Kier alpha value is -0.0800. The lowest BCUT2D eigenvalue weighted by atomic mass is 9.84. The smallest absolute Gasteiger partial charge is 0.00967 e.